The fourth-order valence-corrected chi connectivity index (χ4v) is 2.46. The van der Waals surface area contributed by atoms with Gasteiger partial charge in [0.1, 0.15) is 5.76 Å². The molecule has 0 unspecified atom stereocenters. The largest absolute Gasteiger partial charge is 0.510 e. The van der Waals surface area contributed by atoms with E-state index in [0.717, 1.165) is 0 Å². The molecule has 1 amide bonds. The van der Waals surface area contributed by atoms with Gasteiger partial charge in [0.25, 0.3) is 5.91 Å². The second-order valence-electron chi connectivity index (χ2n) is 5.13. The van der Waals surface area contributed by atoms with Gasteiger partial charge in [-0.3, -0.25) is 4.79 Å². The van der Waals surface area contributed by atoms with Gasteiger partial charge in [-0.05, 0) is 55.5 Å². The van der Waals surface area contributed by atoms with Crippen LogP contribution < -0.4 is 10.5 Å². The summed E-state index contributed by atoms with van der Waals surface area (Å²) in [4.78, 5) is 12.2. The van der Waals surface area contributed by atoms with Crippen LogP contribution in [0, 0.1) is 0 Å². The number of hydrogen-bond acceptors (Lipinski definition) is 6. The van der Waals surface area contributed by atoms with Crippen LogP contribution in [0.1, 0.15) is 6.92 Å². The standard InChI is InChI=1S/C16H15ClN4O4S/c1-10(22)15(21-20-13-4-2-11(17)3-5-13)16(23)19-12-6-8-14(9-7-12)26(18,24)25/h2-9,22H,1H3,(H,19,23)(H2,18,24,25). The lowest BCUT2D eigenvalue weighted by atomic mass is 10.3. The summed E-state index contributed by atoms with van der Waals surface area (Å²) in [6.45, 7) is 1.29. The maximum Gasteiger partial charge on any atom is 0.279 e. The molecule has 4 N–H and O–H groups in total. The quantitative estimate of drug-likeness (QED) is 0.406. The number of carbonyl (C=O) groups is 1. The highest BCUT2D eigenvalue weighted by Gasteiger charge is 2.14. The van der Waals surface area contributed by atoms with Crippen LogP contribution in [0.15, 0.2) is 75.1 Å². The summed E-state index contributed by atoms with van der Waals surface area (Å²) in [6.07, 6.45) is 0. The summed E-state index contributed by atoms with van der Waals surface area (Å²) in [6, 6.07) is 11.6. The van der Waals surface area contributed by atoms with E-state index in [1.807, 2.05) is 0 Å². The van der Waals surface area contributed by atoms with Crippen molar-refractivity contribution in [2.24, 2.45) is 15.4 Å². The number of primary sulfonamides is 1. The molecule has 2 rings (SSSR count). The van der Waals surface area contributed by atoms with Crippen LogP contribution in [-0.2, 0) is 14.8 Å². The fourth-order valence-electron chi connectivity index (χ4n) is 1.82. The maximum absolute atomic E-state index is 12.3. The Morgan fingerprint density at radius 3 is 2.19 bits per heavy atom. The number of azo groups is 1. The number of sulfonamides is 1. The molecule has 0 fully saturated rings. The lowest BCUT2D eigenvalue weighted by molar-refractivity contribution is -0.113. The molecule has 26 heavy (non-hydrogen) atoms. The second-order valence-corrected chi connectivity index (χ2v) is 7.13. The van der Waals surface area contributed by atoms with Gasteiger partial charge in [0.2, 0.25) is 10.0 Å². The molecular formula is C16H15ClN4O4S. The number of amides is 1. The molecule has 0 atom stereocenters. The number of aliphatic hydroxyl groups excluding tert-OH is 1. The number of anilines is 1. The highest BCUT2D eigenvalue weighted by atomic mass is 35.5. The van der Waals surface area contributed by atoms with E-state index in [4.69, 9.17) is 16.7 Å². The van der Waals surface area contributed by atoms with E-state index in [1.165, 1.54) is 31.2 Å². The van der Waals surface area contributed by atoms with Crippen LogP contribution in [0.4, 0.5) is 11.4 Å². The van der Waals surface area contributed by atoms with E-state index in [1.54, 1.807) is 24.3 Å². The summed E-state index contributed by atoms with van der Waals surface area (Å²) in [5, 5.41) is 25.3. The topological polar surface area (TPSA) is 134 Å². The Labute approximate surface area is 155 Å². The van der Waals surface area contributed by atoms with Gasteiger partial charge in [-0.25, -0.2) is 13.6 Å². The van der Waals surface area contributed by atoms with Crippen molar-refractivity contribution in [3.63, 3.8) is 0 Å². The molecule has 0 saturated carbocycles. The molecule has 0 aliphatic heterocycles. The number of allylic oxidation sites excluding steroid dienone is 1. The Balaban J connectivity index is 2.16. The Bertz CT molecular complexity index is 964. The van der Waals surface area contributed by atoms with Crippen molar-refractivity contribution in [1.29, 1.82) is 0 Å². The summed E-state index contributed by atoms with van der Waals surface area (Å²) >= 11 is 5.77. The minimum atomic E-state index is -3.83. The number of nitrogens with two attached hydrogens (primary N) is 1. The number of nitrogens with zero attached hydrogens (tertiary/aromatic N) is 2. The molecule has 0 radical (unpaired) electrons. The monoisotopic (exact) mass is 394 g/mol. The van der Waals surface area contributed by atoms with Crippen molar-refractivity contribution >= 4 is 38.9 Å². The molecule has 2 aromatic rings. The molecule has 8 nitrogen and oxygen atoms in total. The molecule has 0 saturated heterocycles. The Morgan fingerprint density at radius 1 is 1.12 bits per heavy atom. The smallest absolute Gasteiger partial charge is 0.279 e. The van der Waals surface area contributed by atoms with Crippen LogP contribution in [0.25, 0.3) is 0 Å². The predicted molar refractivity (Wildman–Crippen MR) is 97.7 cm³/mol. The number of aliphatic hydroxyl groups is 1. The number of carbonyl (C=O) groups excluding carboxylic acids is 1. The third-order valence-corrected chi connectivity index (χ3v) is 4.27. The number of hydrogen-bond donors (Lipinski definition) is 3. The van der Waals surface area contributed by atoms with E-state index in [2.05, 4.69) is 15.5 Å². The van der Waals surface area contributed by atoms with Crippen molar-refractivity contribution < 1.29 is 18.3 Å². The lowest BCUT2D eigenvalue weighted by Gasteiger charge is -2.06. The normalized spacial score (nSPS) is 12.7. The van der Waals surface area contributed by atoms with Gasteiger partial charge in [0.15, 0.2) is 5.70 Å². The minimum absolute atomic E-state index is 0.0907. The highest BCUT2D eigenvalue weighted by molar-refractivity contribution is 7.89. The molecule has 0 aromatic heterocycles. The average Bonchev–Trinajstić information content (AvgIpc) is 2.56. The summed E-state index contributed by atoms with van der Waals surface area (Å²) in [7, 11) is -3.83. The first-order valence-electron chi connectivity index (χ1n) is 7.18. The molecule has 0 heterocycles. The maximum atomic E-state index is 12.3. The van der Waals surface area contributed by atoms with Crippen LogP contribution >= 0.6 is 11.6 Å². The zero-order valence-corrected chi connectivity index (χ0v) is 15.1. The first-order valence-corrected chi connectivity index (χ1v) is 9.10. The minimum Gasteiger partial charge on any atom is -0.510 e. The molecule has 10 heteroatoms. The zero-order valence-electron chi connectivity index (χ0n) is 13.5. The van der Waals surface area contributed by atoms with Gasteiger partial charge in [0.05, 0.1) is 10.6 Å². The summed E-state index contributed by atoms with van der Waals surface area (Å²) in [5.74, 6) is -1.05. The molecule has 0 spiro atoms. The van der Waals surface area contributed by atoms with Gasteiger partial charge >= 0.3 is 0 Å². The van der Waals surface area contributed by atoms with Gasteiger partial charge in [-0.1, -0.05) is 11.6 Å². The van der Waals surface area contributed by atoms with E-state index in [0.29, 0.717) is 16.4 Å². The van der Waals surface area contributed by atoms with Gasteiger partial charge in [-0.15, -0.1) is 5.11 Å². The van der Waals surface area contributed by atoms with Crippen LogP contribution in [0.2, 0.25) is 5.02 Å². The average molecular weight is 395 g/mol. The van der Waals surface area contributed by atoms with E-state index >= 15 is 0 Å². The molecule has 0 aliphatic carbocycles. The molecule has 0 bridgehead atoms. The van der Waals surface area contributed by atoms with Crippen molar-refractivity contribution in [3.8, 4) is 0 Å². The lowest BCUT2D eigenvalue weighted by Crippen LogP contribution is -2.15. The van der Waals surface area contributed by atoms with E-state index in [9.17, 15) is 18.3 Å². The summed E-state index contributed by atoms with van der Waals surface area (Å²) in [5.41, 5.74) is 0.441. The first kappa shape index (κ1) is 19.6. The van der Waals surface area contributed by atoms with Crippen LogP contribution in [0.3, 0.4) is 0 Å². The van der Waals surface area contributed by atoms with E-state index < -0.39 is 15.9 Å². The van der Waals surface area contributed by atoms with Crippen LogP contribution in [-0.4, -0.2) is 19.4 Å². The highest BCUT2D eigenvalue weighted by Crippen LogP contribution is 2.19. The van der Waals surface area contributed by atoms with Gasteiger partial charge in [0, 0.05) is 10.7 Å². The van der Waals surface area contributed by atoms with Crippen molar-refractivity contribution in [2.75, 3.05) is 5.32 Å². The SMILES string of the molecule is CC(O)=C(N=Nc1ccc(Cl)cc1)C(=O)Nc1ccc(S(N)(=O)=O)cc1. The number of nitrogens with one attached hydrogen (secondary N) is 1. The number of rotatable bonds is 5. The van der Waals surface area contributed by atoms with Crippen molar-refractivity contribution in [3.05, 3.63) is 65.0 Å². The Morgan fingerprint density at radius 2 is 1.69 bits per heavy atom. The molecular weight excluding hydrogens is 380 g/mol. The molecule has 2 aromatic carbocycles. The van der Waals surface area contributed by atoms with Crippen LogP contribution in [0.5, 0.6) is 0 Å². The van der Waals surface area contributed by atoms with E-state index in [-0.39, 0.29) is 16.4 Å². The third-order valence-electron chi connectivity index (χ3n) is 3.09. The number of halogens is 1. The Hall–Kier alpha value is -2.75. The Kier molecular flexibility index (Phi) is 6.09. The second kappa shape index (κ2) is 8.09. The molecule has 0 aliphatic rings. The fraction of sp³-hybridized carbons (Fsp3) is 0.0625. The molecule has 136 valence electrons. The summed E-state index contributed by atoms with van der Waals surface area (Å²) < 4.78 is 22.4. The van der Waals surface area contributed by atoms with Crippen molar-refractivity contribution in [1.82, 2.24) is 0 Å². The van der Waals surface area contributed by atoms with Gasteiger partial charge in [-0.2, -0.15) is 5.11 Å². The van der Waals surface area contributed by atoms with Crippen molar-refractivity contribution in [2.45, 2.75) is 11.8 Å². The predicted octanol–water partition coefficient (Wildman–Crippen LogP) is 3.50. The first-order chi connectivity index (χ1) is 12.2. The third kappa shape index (κ3) is 5.38. The van der Waals surface area contributed by atoms with Gasteiger partial charge < -0.3 is 10.4 Å². The zero-order chi connectivity index (χ0) is 19.3. The number of benzene rings is 2.